The summed E-state index contributed by atoms with van der Waals surface area (Å²) in [5.41, 5.74) is 2.57. The van der Waals surface area contributed by atoms with Gasteiger partial charge in [0.05, 0.1) is 24.8 Å². The second-order valence-electron chi connectivity index (χ2n) is 7.39. The maximum Gasteiger partial charge on any atom is 0.311 e. The molecule has 1 fully saturated rings. The molecule has 7 heteroatoms. The second kappa shape index (κ2) is 9.43. The largest absolute Gasteiger partial charge is 0.495 e. The zero-order valence-corrected chi connectivity index (χ0v) is 17.4. The monoisotopic (exact) mass is 410 g/mol. The molecule has 2 aromatic rings. The fourth-order valence-electron chi connectivity index (χ4n) is 3.47. The molecule has 1 aliphatic rings. The number of methoxy groups -OCH3 is 1. The molecule has 0 radical (unpaired) electrons. The highest BCUT2D eigenvalue weighted by atomic mass is 16.5. The molecule has 1 saturated heterocycles. The van der Waals surface area contributed by atoms with E-state index in [1.54, 1.807) is 6.07 Å². The van der Waals surface area contributed by atoms with Gasteiger partial charge in [-0.05, 0) is 37.1 Å². The Morgan fingerprint density at radius 2 is 1.93 bits per heavy atom. The van der Waals surface area contributed by atoms with Gasteiger partial charge in [-0.1, -0.05) is 36.4 Å². The van der Waals surface area contributed by atoms with Crippen LogP contribution in [0.4, 0.5) is 5.69 Å². The lowest BCUT2D eigenvalue weighted by atomic mass is 10.1. The molecule has 3 rings (SSSR count). The van der Waals surface area contributed by atoms with Crippen LogP contribution in [0.25, 0.3) is 0 Å². The molecule has 0 saturated carbocycles. The Kier molecular flexibility index (Phi) is 6.72. The van der Waals surface area contributed by atoms with Crippen LogP contribution in [-0.4, -0.2) is 38.0 Å². The highest BCUT2D eigenvalue weighted by Gasteiger charge is 2.37. The van der Waals surface area contributed by atoms with Crippen molar-refractivity contribution < 1.29 is 23.9 Å². The standard InChI is InChI=1S/C23H26N2O5/c1-15-9-10-20(29-3)19(11-15)25-13-18(12-22(25)27)23(28)30-14-21(26)24-16(2)17-7-5-4-6-8-17/h4-11,16,18H,12-14H2,1-3H3,(H,24,26)/t16-,18+/m1/s1. The van der Waals surface area contributed by atoms with Crippen LogP contribution in [0.5, 0.6) is 5.75 Å². The number of esters is 1. The normalized spacial score (nSPS) is 16.8. The summed E-state index contributed by atoms with van der Waals surface area (Å²) in [6.45, 7) is 3.59. The van der Waals surface area contributed by atoms with Gasteiger partial charge in [-0.2, -0.15) is 0 Å². The number of benzene rings is 2. The molecular formula is C23H26N2O5. The smallest absolute Gasteiger partial charge is 0.311 e. The number of hydrogen-bond donors (Lipinski definition) is 1. The van der Waals surface area contributed by atoms with E-state index in [9.17, 15) is 14.4 Å². The van der Waals surface area contributed by atoms with Gasteiger partial charge in [0.15, 0.2) is 6.61 Å². The lowest BCUT2D eigenvalue weighted by Crippen LogP contribution is -2.33. The number of nitrogens with zero attached hydrogens (tertiary/aromatic N) is 1. The summed E-state index contributed by atoms with van der Waals surface area (Å²) in [5.74, 6) is -1.18. The molecule has 158 valence electrons. The predicted molar refractivity (Wildman–Crippen MR) is 112 cm³/mol. The number of carbonyl (C=O) groups is 3. The van der Waals surface area contributed by atoms with Crippen molar-refractivity contribution in [3.05, 3.63) is 59.7 Å². The first kappa shape index (κ1) is 21.4. The maximum absolute atomic E-state index is 12.5. The van der Waals surface area contributed by atoms with Crippen LogP contribution in [0.3, 0.4) is 0 Å². The lowest BCUT2D eigenvalue weighted by molar-refractivity contribution is -0.152. The van der Waals surface area contributed by atoms with E-state index >= 15 is 0 Å². The van der Waals surface area contributed by atoms with Crippen LogP contribution in [0.15, 0.2) is 48.5 Å². The highest BCUT2D eigenvalue weighted by molar-refractivity contribution is 6.00. The van der Waals surface area contributed by atoms with Gasteiger partial charge in [-0.25, -0.2) is 0 Å². The quantitative estimate of drug-likeness (QED) is 0.710. The molecule has 0 bridgehead atoms. The average Bonchev–Trinajstić information content (AvgIpc) is 3.14. The van der Waals surface area contributed by atoms with Crippen LogP contribution in [0.1, 0.15) is 30.5 Å². The Labute approximate surface area is 176 Å². The van der Waals surface area contributed by atoms with E-state index in [4.69, 9.17) is 9.47 Å². The number of rotatable bonds is 7. The maximum atomic E-state index is 12.5. The van der Waals surface area contributed by atoms with Gasteiger partial charge in [-0.15, -0.1) is 0 Å². The number of carbonyl (C=O) groups excluding carboxylic acids is 3. The van der Waals surface area contributed by atoms with E-state index in [2.05, 4.69) is 5.32 Å². The highest BCUT2D eigenvalue weighted by Crippen LogP contribution is 2.34. The Morgan fingerprint density at radius 1 is 1.20 bits per heavy atom. The summed E-state index contributed by atoms with van der Waals surface area (Å²) in [6, 6.07) is 14.8. The zero-order chi connectivity index (χ0) is 21.7. The van der Waals surface area contributed by atoms with Crippen LogP contribution in [-0.2, 0) is 19.1 Å². The van der Waals surface area contributed by atoms with Crippen molar-refractivity contribution in [2.75, 3.05) is 25.2 Å². The number of aryl methyl sites for hydroxylation is 1. The van der Waals surface area contributed by atoms with Crippen LogP contribution in [0.2, 0.25) is 0 Å². The third-order valence-corrected chi connectivity index (χ3v) is 5.11. The number of amides is 2. The van der Waals surface area contributed by atoms with Crippen molar-refractivity contribution >= 4 is 23.5 Å². The molecule has 1 heterocycles. The average molecular weight is 410 g/mol. The van der Waals surface area contributed by atoms with Gasteiger partial charge >= 0.3 is 5.97 Å². The van der Waals surface area contributed by atoms with E-state index in [0.29, 0.717) is 11.4 Å². The molecule has 30 heavy (non-hydrogen) atoms. The topological polar surface area (TPSA) is 84.9 Å². The third kappa shape index (κ3) is 4.97. The van der Waals surface area contributed by atoms with Crippen molar-refractivity contribution in [2.45, 2.75) is 26.3 Å². The number of anilines is 1. The molecule has 0 unspecified atom stereocenters. The molecule has 7 nitrogen and oxygen atoms in total. The van der Waals surface area contributed by atoms with Crippen molar-refractivity contribution in [3.63, 3.8) is 0 Å². The Balaban J connectivity index is 1.55. The first-order valence-electron chi connectivity index (χ1n) is 9.85. The lowest BCUT2D eigenvalue weighted by Gasteiger charge is -2.20. The third-order valence-electron chi connectivity index (χ3n) is 5.11. The minimum atomic E-state index is -0.623. The van der Waals surface area contributed by atoms with Gasteiger partial charge in [0.1, 0.15) is 5.75 Å². The second-order valence-corrected chi connectivity index (χ2v) is 7.39. The summed E-state index contributed by atoms with van der Waals surface area (Å²) in [7, 11) is 1.54. The number of nitrogens with one attached hydrogen (secondary N) is 1. The van der Waals surface area contributed by atoms with E-state index < -0.39 is 11.9 Å². The molecule has 0 spiro atoms. The summed E-state index contributed by atoms with van der Waals surface area (Å²) < 4.78 is 10.5. The number of hydrogen-bond acceptors (Lipinski definition) is 5. The van der Waals surface area contributed by atoms with Crippen molar-refractivity contribution in [1.29, 1.82) is 0 Å². The molecular weight excluding hydrogens is 384 g/mol. The van der Waals surface area contributed by atoms with Crippen molar-refractivity contribution in [3.8, 4) is 5.75 Å². The Hall–Kier alpha value is -3.35. The molecule has 2 atom stereocenters. The van der Waals surface area contributed by atoms with Crippen LogP contribution >= 0.6 is 0 Å². The van der Waals surface area contributed by atoms with Gasteiger partial charge < -0.3 is 19.7 Å². The van der Waals surface area contributed by atoms with E-state index in [1.807, 2.05) is 56.3 Å². The van der Waals surface area contributed by atoms with E-state index in [1.165, 1.54) is 12.0 Å². The summed E-state index contributed by atoms with van der Waals surface area (Å²) >= 11 is 0. The first-order chi connectivity index (χ1) is 14.4. The number of ether oxygens (including phenoxy) is 2. The van der Waals surface area contributed by atoms with Gasteiger partial charge in [0, 0.05) is 13.0 Å². The summed E-state index contributed by atoms with van der Waals surface area (Å²) in [4.78, 5) is 38.6. The van der Waals surface area contributed by atoms with Crippen molar-refractivity contribution in [1.82, 2.24) is 5.32 Å². The SMILES string of the molecule is COc1ccc(C)cc1N1C[C@@H](C(=O)OCC(=O)N[C@H](C)c2ccccc2)CC1=O. The molecule has 1 aliphatic heterocycles. The predicted octanol–water partition coefficient (Wildman–Crippen LogP) is 2.78. The van der Waals surface area contributed by atoms with E-state index in [-0.39, 0.29) is 37.4 Å². The Bertz CT molecular complexity index is 928. The fourth-order valence-corrected chi connectivity index (χ4v) is 3.47. The molecule has 0 aliphatic carbocycles. The van der Waals surface area contributed by atoms with E-state index in [0.717, 1.165) is 11.1 Å². The summed E-state index contributed by atoms with van der Waals surface area (Å²) in [6.07, 6.45) is 0.0396. The van der Waals surface area contributed by atoms with Gasteiger partial charge in [-0.3, -0.25) is 14.4 Å². The summed E-state index contributed by atoms with van der Waals surface area (Å²) in [5, 5.41) is 2.80. The molecule has 1 N–H and O–H groups in total. The van der Waals surface area contributed by atoms with Gasteiger partial charge in [0.25, 0.3) is 5.91 Å². The fraction of sp³-hybridized carbons (Fsp3) is 0.348. The minimum Gasteiger partial charge on any atom is -0.495 e. The minimum absolute atomic E-state index is 0.0396. The molecule has 2 amide bonds. The first-order valence-corrected chi connectivity index (χ1v) is 9.85. The Morgan fingerprint density at radius 3 is 2.63 bits per heavy atom. The zero-order valence-electron chi connectivity index (χ0n) is 17.4. The van der Waals surface area contributed by atoms with Crippen LogP contribution in [0, 0.1) is 12.8 Å². The van der Waals surface area contributed by atoms with Crippen LogP contribution < -0.4 is 15.0 Å². The van der Waals surface area contributed by atoms with Crippen molar-refractivity contribution in [2.24, 2.45) is 5.92 Å². The van der Waals surface area contributed by atoms with Gasteiger partial charge in [0.2, 0.25) is 5.91 Å². The molecule has 2 aromatic carbocycles. The molecule has 0 aromatic heterocycles.